The van der Waals surface area contributed by atoms with Crippen molar-refractivity contribution in [3.8, 4) is 5.75 Å². The predicted molar refractivity (Wildman–Crippen MR) is 39.7 cm³/mol. The van der Waals surface area contributed by atoms with Crippen LogP contribution in [-0.2, 0) is 0 Å². The highest BCUT2D eigenvalue weighted by atomic mass is 16.5. The van der Waals surface area contributed by atoms with E-state index in [0.717, 1.165) is 0 Å². The number of nitrogen functional groups attached to an aromatic ring is 1. The van der Waals surface area contributed by atoms with E-state index < -0.39 is 0 Å². The van der Waals surface area contributed by atoms with Crippen molar-refractivity contribution in [2.45, 2.75) is 6.92 Å². The zero-order valence-corrected chi connectivity index (χ0v) is 6.38. The summed E-state index contributed by atoms with van der Waals surface area (Å²) in [4.78, 5) is 10.8. The summed E-state index contributed by atoms with van der Waals surface area (Å²) >= 11 is 0. The van der Waals surface area contributed by atoms with Gasteiger partial charge in [-0.1, -0.05) is 0 Å². The Morgan fingerprint density at radius 2 is 2.36 bits per heavy atom. The first kappa shape index (κ1) is 7.65. The van der Waals surface area contributed by atoms with Gasteiger partial charge in [-0.05, 0) is 0 Å². The molecule has 0 saturated heterocycles. The van der Waals surface area contributed by atoms with Crippen molar-refractivity contribution in [2.75, 3.05) is 12.8 Å². The van der Waals surface area contributed by atoms with Crippen molar-refractivity contribution in [2.24, 2.45) is 0 Å². The quantitative estimate of drug-likeness (QED) is 0.649. The summed E-state index contributed by atoms with van der Waals surface area (Å²) in [5, 5.41) is 0. The van der Waals surface area contributed by atoms with E-state index >= 15 is 0 Å². The van der Waals surface area contributed by atoms with Gasteiger partial charge in [0.25, 0.3) is 0 Å². The number of carbonyl (C=O) groups excluding carboxylic acids is 1. The maximum atomic E-state index is 10.8. The molecule has 2 N–H and O–H groups in total. The normalized spacial score (nSPS) is 9.64. The lowest BCUT2D eigenvalue weighted by molar-refractivity contribution is 0.0984. The number of methoxy groups -OCH3 is 1. The van der Waals surface area contributed by atoms with Gasteiger partial charge in [0.15, 0.2) is 17.4 Å². The van der Waals surface area contributed by atoms with Gasteiger partial charge in [0.05, 0.1) is 7.11 Å². The van der Waals surface area contributed by atoms with Gasteiger partial charge in [-0.3, -0.25) is 4.79 Å². The zero-order chi connectivity index (χ0) is 8.43. The molecule has 1 aromatic rings. The Labute approximate surface area is 63.9 Å². The minimum absolute atomic E-state index is 0.171. The molecule has 60 valence electrons. The molecule has 0 amide bonds. The second-order valence-electron chi connectivity index (χ2n) is 2.10. The SMILES string of the molecule is COc1cc(N)oc1C(C)=O. The number of ether oxygens (including phenoxy) is 1. The van der Waals surface area contributed by atoms with Crippen LogP contribution in [0.15, 0.2) is 10.5 Å². The predicted octanol–water partition coefficient (Wildman–Crippen LogP) is 1.07. The minimum atomic E-state index is -0.196. The van der Waals surface area contributed by atoms with Gasteiger partial charge in [-0.2, -0.15) is 0 Å². The van der Waals surface area contributed by atoms with E-state index in [-0.39, 0.29) is 17.4 Å². The van der Waals surface area contributed by atoms with Crippen molar-refractivity contribution >= 4 is 11.7 Å². The van der Waals surface area contributed by atoms with Crippen molar-refractivity contribution in [1.29, 1.82) is 0 Å². The van der Waals surface area contributed by atoms with Crippen LogP contribution in [0.1, 0.15) is 17.5 Å². The molecule has 0 aliphatic carbocycles. The Morgan fingerprint density at radius 3 is 2.73 bits per heavy atom. The average molecular weight is 155 g/mol. The fourth-order valence-electron chi connectivity index (χ4n) is 0.789. The molecule has 0 atom stereocenters. The fraction of sp³-hybridized carbons (Fsp3) is 0.286. The van der Waals surface area contributed by atoms with E-state index in [2.05, 4.69) is 0 Å². The molecule has 4 nitrogen and oxygen atoms in total. The van der Waals surface area contributed by atoms with E-state index in [1.165, 1.54) is 20.1 Å². The van der Waals surface area contributed by atoms with Crippen LogP contribution in [0.3, 0.4) is 0 Å². The molecule has 0 fully saturated rings. The molecule has 0 unspecified atom stereocenters. The average Bonchev–Trinajstić information content (AvgIpc) is 2.30. The first-order valence-corrected chi connectivity index (χ1v) is 3.09. The van der Waals surface area contributed by atoms with Gasteiger partial charge < -0.3 is 14.9 Å². The third-order valence-corrected chi connectivity index (χ3v) is 1.26. The maximum Gasteiger partial charge on any atom is 0.213 e. The third kappa shape index (κ3) is 1.34. The van der Waals surface area contributed by atoms with Gasteiger partial charge in [0.2, 0.25) is 5.76 Å². The van der Waals surface area contributed by atoms with Crippen molar-refractivity contribution in [1.82, 2.24) is 0 Å². The molecule has 1 rings (SSSR count). The van der Waals surface area contributed by atoms with Crippen LogP contribution in [0.5, 0.6) is 5.75 Å². The summed E-state index contributed by atoms with van der Waals surface area (Å²) in [6, 6.07) is 1.47. The molecule has 0 spiro atoms. The number of rotatable bonds is 2. The molecule has 1 aromatic heterocycles. The van der Waals surface area contributed by atoms with Crippen LogP contribution in [-0.4, -0.2) is 12.9 Å². The second-order valence-corrected chi connectivity index (χ2v) is 2.10. The van der Waals surface area contributed by atoms with Crippen LogP contribution in [0.2, 0.25) is 0 Å². The first-order valence-electron chi connectivity index (χ1n) is 3.09. The molecule has 0 aliphatic heterocycles. The van der Waals surface area contributed by atoms with Gasteiger partial charge in [-0.15, -0.1) is 0 Å². The van der Waals surface area contributed by atoms with E-state index in [0.29, 0.717) is 5.75 Å². The number of nitrogens with two attached hydrogens (primary N) is 1. The molecular weight excluding hydrogens is 146 g/mol. The molecule has 0 radical (unpaired) electrons. The summed E-state index contributed by atoms with van der Waals surface area (Å²) in [6.45, 7) is 1.39. The number of furan rings is 1. The van der Waals surface area contributed by atoms with Crippen molar-refractivity contribution in [3.05, 3.63) is 11.8 Å². The van der Waals surface area contributed by atoms with E-state index in [4.69, 9.17) is 14.9 Å². The van der Waals surface area contributed by atoms with Gasteiger partial charge in [0, 0.05) is 13.0 Å². The lowest BCUT2D eigenvalue weighted by Gasteiger charge is -1.93. The topological polar surface area (TPSA) is 65.5 Å². The smallest absolute Gasteiger partial charge is 0.213 e. The van der Waals surface area contributed by atoms with Crippen LogP contribution >= 0.6 is 0 Å². The number of hydrogen-bond donors (Lipinski definition) is 1. The van der Waals surface area contributed by atoms with E-state index in [1.807, 2.05) is 0 Å². The third-order valence-electron chi connectivity index (χ3n) is 1.26. The van der Waals surface area contributed by atoms with Crippen LogP contribution in [0, 0.1) is 0 Å². The van der Waals surface area contributed by atoms with E-state index in [1.54, 1.807) is 0 Å². The highest BCUT2D eigenvalue weighted by Crippen LogP contribution is 2.24. The Balaban J connectivity index is 3.12. The number of anilines is 1. The Morgan fingerprint density at radius 1 is 1.73 bits per heavy atom. The Bertz CT molecular complexity index is 277. The summed E-state index contributed by atoms with van der Waals surface area (Å²) in [6.07, 6.45) is 0. The summed E-state index contributed by atoms with van der Waals surface area (Å²) in [5.74, 6) is 0.547. The van der Waals surface area contributed by atoms with E-state index in [9.17, 15) is 4.79 Å². The molecule has 0 saturated carbocycles. The Hall–Kier alpha value is -1.45. The molecule has 0 bridgehead atoms. The number of hydrogen-bond acceptors (Lipinski definition) is 4. The monoisotopic (exact) mass is 155 g/mol. The molecule has 0 aromatic carbocycles. The summed E-state index contributed by atoms with van der Waals surface area (Å²) in [5.41, 5.74) is 5.29. The largest absolute Gasteiger partial charge is 0.492 e. The number of carbonyl (C=O) groups is 1. The first-order chi connectivity index (χ1) is 5.15. The van der Waals surface area contributed by atoms with Crippen LogP contribution < -0.4 is 10.5 Å². The molecule has 1 heterocycles. The molecular formula is C7H9NO3. The van der Waals surface area contributed by atoms with Crippen molar-refractivity contribution in [3.63, 3.8) is 0 Å². The molecule has 4 heteroatoms. The zero-order valence-electron chi connectivity index (χ0n) is 6.38. The highest BCUT2D eigenvalue weighted by molar-refractivity contribution is 5.94. The van der Waals surface area contributed by atoms with Crippen molar-refractivity contribution < 1.29 is 13.9 Å². The summed E-state index contributed by atoms with van der Waals surface area (Å²) < 4.78 is 9.70. The number of Topliss-reactive ketones (excluding diaryl/α,β-unsaturated/α-hetero) is 1. The minimum Gasteiger partial charge on any atom is -0.492 e. The summed E-state index contributed by atoms with van der Waals surface area (Å²) in [7, 11) is 1.46. The maximum absolute atomic E-state index is 10.8. The van der Waals surface area contributed by atoms with Crippen LogP contribution in [0.25, 0.3) is 0 Å². The lowest BCUT2D eigenvalue weighted by atomic mass is 10.3. The van der Waals surface area contributed by atoms with Gasteiger partial charge in [0.1, 0.15) is 0 Å². The highest BCUT2D eigenvalue weighted by Gasteiger charge is 2.13. The van der Waals surface area contributed by atoms with Crippen LogP contribution in [0.4, 0.5) is 5.88 Å². The Kier molecular flexibility index (Phi) is 1.85. The van der Waals surface area contributed by atoms with Gasteiger partial charge in [-0.25, -0.2) is 0 Å². The standard InChI is InChI=1S/C7H9NO3/c1-4(9)7-5(10-2)3-6(8)11-7/h3H,8H2,1-2H3. The van der Waals surface area contributed by atoms with Gasteiger partial charge >= 0.3 is 0 Å². The fourth-order valence-corrected chi connectivity index (χ4v) is 0.789. The molecule has 0 aliphatic rings. The number of ketones is 1. The lowest BCUT2D eigenvalue weighted by Crippen LogP contribution is -1.92. The second kappa shape index (κ2) is 2.65. The molecule has 11 heavy (non-hydrogen) atoms.